The second-order valence-corrected chi connectivity index (χ2v) is 10.4. The first-order valence-electron chi connectivity index (χ1n) is 13.3. The van der Waals surface area contributed by atoms with E-state index in [0.29, 0.717) is 31.6 Å². The first-order chi connectivity index (χ1) is 18.5. The molecule has 0 aliphatic carbocycles. The maximum atomic E-state index is 13.6. The number of piperidine rings is 1. The average molecular weight is 515 g/mol. The van der Waals surface area contributed by atoms with E-state index in [9.17, 15) is 15.2 Å². The number of para-hydroxylation sites is 1. The van der Waals surface area contributed by atoms with Crippen LogP contribution in [-0.2, 0) is 6.42 Å². The van der Waals surface area contributed by atoms with Gasteiger partial charge in [0.25, 0.3) is 5.91 Å². The van der Waals surface area contributed by atoms with Gasteiger partial charge in [-0.25, -0.2) is 0 Å². The molecule has 2 aliphatic heterocycles. The standard InChI is InChI=1S/C29H34N6O3/c1-20-13-21(2)26(28(37)34-11-12-35(25(17-34)18-36)29-32-31-19-38-29)15-24(20)14-22-7-9-33(10-8-22)27-6-4-3-5-23(27)16-30/h3-6,13,15,19,22,25,36H,7-12,14,17-18H2,1-2H3/t25-/m0/s1. The van der Waals surface area contributed by atoms with Crippen molar-refractivity contribution < 1.29 is 14.3 Å². The van der Waals surface area contributed by atoms with Crippen LogP contribution >= 0.6 is 0 Å². The molecule has 1 aromatic heterocycles. The molecule has 1 amide bonds. The van der Waals surface area contributed by atoms with Crippen LogP contribution < -0.4 is 9.80 Å². The van der Waals surface area contributed by atoms with Crippen molar-refractivity contribution >= 4 is 17.6 Å². The average Bonchev–Trinajstić information content (AvgIpc) is 3.49. The molecule has 0 radical (unpaired) electrons. The van der Waals surface area contributed by atoms with Gasteiger partial charge in [-0.2, -0.15) is 5.26 Å². The van der Waals surface area contributed by atoms with Gasteiger partial charge in [0.2, 0.25) is 6.39 Å². The Labute approximate surface area is 223 Å². The number of aryl methyl sites for hydroxylation is 2. The van der Waals surface area contributed by atoms with Crippen LogP contribution in [0.5, 0.6) is 0 Å². The Morgan fingerprint density at radius 2 is 1.92 bits per heavy atom. The van der Waals surface area contributed by atoms with Crippen LogP contribution in [0.25, 0.3) is 0 Å². The maximum absolute atomic E-state index is 13.6. The van der Waals surface area contributed by atoms with E-state index in [1.165, 1.54) is 17.5 Å². The van der Waals surface area contributed by atoms with E-state index >= 15 is 0 Å². The van der Waals surface area contributed by atoms with Crippen molar-refractivity contribution in [2.75, 3.05) is 49.1 Å². The number of rotatable bonds is 6. The summed E-state index contributed by atoms with van der Waals surface area (Å²) in [4.78, 5) is 19.6. The van der Waals surface area contributed by atoms with Crippen molar-refractivity contribution in [3.8, 4) is 6.07 Å². The van der Waals surface area contributed by atoms with Crippen LogP contribution in [0.4, 0.5) is 11.7 Å². The quantitative estimate of drug-likeness (QED) is 0.533. The number of carbonyl (C=O) groups excluding carboxylic acids is 1. The van der Waals surface area contributed by atoms with E-state index < -0.39 is 0 Å². The van der Waals surface area contributed by atoms with Crippen molar-refractivity contribution in [2.24, 2.45) is 5.92 Å². The van der Waals surface area contributed by atoms with Crippen LogP contribution in [0, 0.1) is 31.1 Å². The molecule has 38 heavy (non-hydrogen) atoms. The SMILES string of the molecule is Cc1cc(C)c(C(=O)N2CCN(c3nnco3)[C@H](CO)C2)cc1CC1CCN(c2ccccc2C#N)CC1. The van der Waals surface area contributed by atoms with Crippen LogP contribution in [-0.4, -0.2) is 71.5 Å². The monoisotopic (exact) mass is 514 g/mol. The zero-order valence-corrected chi connectivity index (χ0v) is 22.0. The molecule has 0 bridgehead atoms. The van der Waals surface area contributed by atoms with Gasteiger partial charge in [-0.05, 0) is 73.9 Å². The summed E-state index contributed by atoms with van der Waals surface area (Å²) >= 11 is 0. The Bertz CT molecular complexity index is 1310. The molecule has 5 rings (SSSR count). The minimum atomic E-state index is -0.297. The fourth-order valence-corrected chi connectivity index (χ4v) is 5.79. The Morgan fingerprint density at radius 3 is 2.63 bits per heavy atom. The summed E-state index contributed by atoms with van der Waals surface area (Å²) in [5, 5.41) is 27.1. The van der Waals surface area contributed by atoms with Crippen LogP contribution in [0.1, 0.15) is 45.5 Å². The van der Waals surface area contributed by atoms with Crippen molar-refractivity contribution in [1.29, 1.82) is 5.26 Å². The normalized spacial score (nSPS) is 18.5. The third-order valence-corrected chi connectivity index (χ3v) is 7.98. The lowest BCUT2D eigenvalue weighted by atomic mass is 9.86. The number of piperazine rings is 1. The molecule has 2 fully saturated rings. The molecular formula is C29H34N6O3. The van der Waals surface area contributed by atoms with Crippen molar-refractivity contribution in [3.63, 3.8) is 0 Å². The Morgan fingerprint density at radius 1 is 1.13 bits per heavy atom. The van der Waals surface area contributed by atoms with Gasteiger partial charge >= 0.3 is 6.01 Å². The molecule has 3 aromatic rings. The van der Waals surface area contributed by atoms with E-state index in [4.69, 9.17) is 4.42 Å². The number of nitrogens with zero attached hydrogens (tertiary/aromatic N) is 6. The van der Waals surface area contributed by atoms with Gasteiger partial charge < -0.3 is 24.2 Å². The van der Waals surface area contributed by atoms with Gasteiger partial charge in [0, 0.05) is 38.3 Å². The van der Waals surface area contributed by atoms with E-state index in [1.54, 1.807) is 0 Å². The zero-order valence-electron chi connectivity index (χ0n) is 22.0. The van der Waals surface area contributed by atoms with Crippen LogP contribution in [0.3, 0.4) is 0 Å². The summed E-state index contributed by atoms with van der Waals surface area (Å²) in [5.41, 5.74) is 5.88. The highest BCUT2D eigenvalue weighted by Crippen LogP contribution is 2.30. The van der Waals surface area contributed by atoms with Gasteiger partial charge in [-0.3, -0.25) is 4.79 Å². The molecule has 1 N–H and O–H groups in total. The van der Waals surface area contributed by atoms with Gasteiger partial charge in [-0.1, -0.05) is 23.3 Å². The summed E-state index contributed by atoms with van der Waals surface area (Å²) in [6.45, 7) is 7.28. The highest BCUT2D eigenvalue weighted by molar-refractivity contribution is 5.96. The summed E-state index contributed by atoms with van der Waals surface area (Å²) in [7, 11) is 0. The molecule has 3 heterocycles. The third kappa shape index (κ3) is 5.22. The van der Waals surface area contributed by atoms with Crippen molar-refractivity contribution in [3.05, 3.63) is 70.6 Å². The maximum Gasteiger partial charge on any atom is 0.318 e. The number of hydrogen-bond donors (Lipinski definition) is 1. The first-order valence-corrected chi connectivity index (χ1v) is 13.3. The van der Waals surface area contributed by atoms with Crippen LogP contribution in [0.2, 0.25) is 0 Å². The molecular weight excluding hydrogens is 480 g/mol. The molecule has 2 aromatic carbocycles. The number of nitriles is 1. The number of aromatic nitrogens is 2. The first kappa shape index (κ1) is 25.7. The molecule has 0 unspecified atom stereocenters. The number of aliphatic hydroxyl groups excluding tert-OH is 1. The van der Waals surface area contributed by atoms with Gasteiger partial charge in [0.05, 0.1) is 23.9 Å². The molecule has 0 spiro atoms. The van der Waals surface area contributed by atoms with E-state index in [-0.39, 0.29) is 18.6 Å². The number of carbonyl (C=O) groups is 1. The summed E-state index contributed by atoms with van der Waals surface area (Å²) in [6, 6.07) is 14.4. The van der Waals surface area contributed by atoms with Crippen molar-refractivity contribution in [2.45, 2.75) is 39.2 Å². The fourth-order valence-electron chi connectivity index (χ4n) is 5.79. The number of amides is 1. The molecule has 2 saturated heterocycles. The Hall–Kier alpha value is -3.90. The summed E-state index contributed by atoms with van der Waals surface area (Å²) in [5.74, 6) is 0.525. The lowest BCUT2D eigenvalue weighted by molar-refractivity contribution is 0.0694. The largest absolute Gasteiger partial charge is 0.411 e. The minimum Gasteiger partial charge on any atom is -0.411 e. The van der Waals surface area contributed by atoms with E-state index in [2.05, 4.69) is 40.2 Å². The third-order valence-electron chi connectivity index (χ3n) is 7.98. The molecule has 0 saturated carbocycles. The highest BCUT2D eigenvalue weighted by Gasteiger charge is 2.33. The molecule has 9 heteroatoms. The topological polar surface area (TPSA) is 110 Å². The lowest BCUT2D eigenvalue weighted by Crippen LogP contribution is -2.56. The molecule has 198 valence electrons. The van der Waals surface area contributed by atoms with E-state index in [0.717, 1.165) is 54.7 Å². The predicted molar refractivity (Wildman–Crippen MR) is 144 cm³/mol. The zero-order chi connectivity index (χ0) is 26.6. The molecule has 9 nitrogen and oxygen atoms in total. The lowest BCUT2D eigenvalue weighted by Gasteiger charge is -2.39. The second-order valence-electron chi connectivity index (χ2n) is 10.4. The Balaban J connectivity index is 1.26. The second kappa shape index (κ2) is 11.2. The van der Waals surface area contributed by atoms with Gasteiger partial charge in [0.15, 0.2) is 0 Å². The smallest absolute Gasteiger partial charge is 0.318 e. The van der Waals surface area contributed by atoms with Gasteiger partial charge in [-0.15, -0.1) is 5.10 Å². The number of aliphatic hydroxyl groups is 1. The molecule has 1 atom stereocenters. The van der Waals surface area contributed by atoms with Crippen LogP contribution in [0.15, 0.2) is 47.2 Å². The number of anilines is 2. The fraction of sp³-hybridized carbons (Fsp3) is 0.448. The predicted octanol–water partition coefficient (Wildman–Crippen LogP) is 3.34. The summed E-state index contributed by atoms with van der Waals surface area (Å²) in [6.07, 6.45) is 4.30. The van der Waals surface area contributed by atoms with Gasteiger partial charge in [0.1, 0.15) is 6.07 Å². The number of hydrogen-bond acceptors (Lipinski definition) is 8. The van der Waals surface area contributed by atoms with E-state index in [1.807, 2.05) is 41.0 Å². The minimum absolute atomic E-state index is 0.00434. The summed E-state index contributed by atoms with van der Waals surface area (Å²) < 4.78 is 5.32. The Kier molecular flexibility index (Phi) is 7.61. The highest BCUT2D eigenvalue weighted by atomic mass is 16.4. The van der Waals surface area contributed by atoms with Crippen molar-refractivity contribution in [1.82, 2.24) is 15.1 Å². The number of benzene rings is 2. The molecule has 2 aliphatic rings.